The summed E-state index contributed by atoms with van der Waals surface area (Å²) in [5, 5.41) is 5.15. The first-order valence-corrected chi connectivity index (χ1v) is 6.33. The summed E-state index contributed by atoms with van der Waals surface area (Å²) in [6.45, 7) is -2.02. The van der Waals surface area contributed by atoms with E-state index in [2.05, 4.69) is 4.74 Å². The minimum atomic E-state index is -5.50. The zero-order chi connectivity index (χ0) is 13.8. The topological polar surface area (TPSA) is 83.8 Å². The minimum Gasteiger partial charge on any atom is -0.386 e. The molecule has 2 N–H and O–H groups in total. The Hall–Kier alpha value is -0.0900. The molecule has 9 heteroatoms. The molecule has 103 valence electrons. The molecule has 0 aliphatic heterocycles. The van der Waals surface area contributed by atoms with Crippen molar-refractivity contribution in [2.75, 3.05) is 13.2 Å². The number of halogens is 2. The second-order valence-electron chi connectivity index (χ2n) is 3.55. The number of aliphatic hydroxyl groups excluding tert-OH is 1. The third-order valence-corrected chi connectivity index (χ3v) is 2.98. The maximum atomic E-state index is 12.7. The van der Waals surface area contributed by atoms with Gasteiger partial charge in [-0.2, -0.15) is 17.2 Å². The van der Waals surface area contributed by atoms with Crippen LogP contribution in [0, 0.1) is 0 Å². The van der Waals surface area contributed by atoms with Crippen LogP contribution in [0.2, 0.25) is 0 Å². The molecule has 1 rings (SSSR count). The summed E-state index contributed by atoms with van der Waals surface area (Å²) in [6, 6.07) is 8.13. The smallest absolute Gasteiger partial charge is 0.386 e. The molecule has 0 aliphatic carbocycles. The molecule has 1 atom stereocenters. The van der Waals surface area contributed by atoms with Gasteiger partial charge in [-0.15, -0.1) is 0 Å². The second kappa shape index (κ2) is 7.63. The Morgan fingerprint density at radius 3 is 2.26 bits per heavy atom. The minimum absolute atomic E-state index is 0. The average Bonchev–Trinajstić information content (AvgIpc) is 2.28. The van der Waals surface area contributed by atoms with E-state index in [0.29, 0.717) is 5.56 Å². The van der Waals surface area contributed by atoms with E-state index in [0.717, 1.165) is 0 Å². The summed E-state index contributed by atoms with van der Waals surface area (Å²) >= 11 is 0. The summed E-state index contributed by atoms with van der Waals surface area (Å²) in [7, 11) is -5.50. The number of aliphatic hydroxyl groups is 1. The number of rotatable bonds is 6. The Balaban J connectivity index is 0.00000324. The van der Waals surface area contributed by atoms with Crippen LogP contribution >= 0.6 is 0 Å². The quantitative estimate of drug-likeness (QED) is 0.601. The van der Waals surface area contributed by atoms with E-state index in [1.54, 1.807) is 30.3 Å². The normalized spacial score (nSPS) is 13.7. The number of benzene rings is 1. The standard InChI is InChI=1S/C10H12F2O5S.Na/c11-10(12,18(14,15)16)7-17-6-9(13)8-4-2-1-3-5-8;/h1-5,9,13H,6-7H2,(H,14,15,16);. The third kappa shape index (κ3) is 5.82. The molecule has 0 spiro atoms. The SMILES string of the molecule is O=S(=O)(O)C(F)(F)COCC(O)c1ccccc1.[Na]. The van der Waals surface area contributed by atoms with E-state index < -0.39 is 34.7 Å². The summed E-state index contributed by atoms with van der Waals surface area (Å²) in [5.41, 5.74) is 0.452. The molecule has 0 aromatic heterocycles. The van der Waals surface area contributed by atoms with Crippen LogP contribution in [-0.2, 0) is 14.9 Å². The van der Waals surface area contributed by atoms with Gasteiger partial charge in [0.15, 0.2) is 0 Å². The zero-order valence-corrected chi connectivity index (χ0v) is 13.0. The fourth-order valence-corrected chi connectivity index (χ4v) is 1.37. The third-order valence-electron chi connectivity index (χ3n) is 2.11. The molecular weight excluding hydrogens is 293 g/mol. The number of alkyl halides is 2. The van der Waals surface area contributed by atoms with Gasteiger partial charge in [-0.05, 0) is 5.56 Å². The van der Waals surface area contributed by atoms with E-state index in [1.807, 2.05) is 0 Å². The number of hydrogen-bond donors (Lipinski definition) is 2. The van der Waals surface area contributed by atoms with E-state index in [-0.39, 0.29) is 29.6 Å². The van der Waals surface area contributed by atoms with Crippen LogP contribution in [-0.4, -0.2) is 66.1 Å². The molecule has 0 saturated carbocycles. The largest absolute Gasteiger partial charge is 0.392 e. The van der Waals surface area contributed by atoms with Crippen molar-refractivity contribution in [2.45, 2.75) is 11.4 Å². The Labute approximate surface area is 131 Å². The molecule has 1 radical (unpaired) electrons. The maximum absolute atomic E-state index is 12.7. The van der Waals surface area contributed by atoms with Gasteiger partial charge in [-0.3, -0.25) is 4.55 Å². The Kier molecular flexibility index (Phi) is 7.59. The van der Waals surface area contributed by atoms with Crippen molar-refractivity contribution in [3.63, 3.8) is 0 Å². The summed E-state index contributed by atoms with van der Waals surface area (Å²) < 4.78 is 58.6. The molecule has 0 fully saturated rings. The Morgan fingerprint density at radius 2 is 1.79 bits per heavy atom. The van der Waals surface area contributed by atoms with Crippen molar-refractivity contribution in [1.29, 1.82) is 0 Å². The first-order valence-electron chi connectivity index (χ1n) is 4.89. The van der Waals surface area contributed by atoms with Crippen molar-refractivity contribution in [2.24, 2.45) is 0 Å². The predicted octanol–water partition coefficient (Wildman–Crippen LogP) is 0.836. The van der Waals surface area contributed by atoms with Gasteiger partial charge in [0.2, 0.25) is 0 Å². The summed E-state index contributed by atoms with van der Waals surface area (Å²) in [5.74, 6) is 0. The van der Waals surface area contributed by atoms with Crippen LogP contribution in [0.5, 0.6) is 0 Å². The monoisotopic (exact) mass is 305 g/mol. The molecule has 0 aliphatic rings. The molecule has 5 nitrogen and oxygen atoms in total. The van der Waals surface area contributed by atoms with Gasteiger partial charge >= 0.3 is 15.4 Å². The van der Waals surface area contributed by atoms with Gasteiger partial charge in [0.1, 0.15) is 12.7 Å². The van der Waals surface area contributed by atoms with E-state index in [4.69, 9.17) is 4.55 Å². The maximum Gasteiger partial charge on any atom is 0.392 e. The zero-order valence-electron chi connectivity index (χ0n) is 10.2. The molecule has 0 bridgehead atoms. The Bertz CT molecular complexity index is 480. The van der Waals surface area contributed by atoms with Crippen LogP contribution in [0.25, 0.3) is 0 Å². The van der Waals surface area contributed by atoms with Crippen molar-refractivity contribution in [1.82, 2.24) is 0 Å². The molecule has 0 heterocycles. The van der Waals surface area contributed by atoms with Gasteiger partial charge < -0.3 is 9.84 Å². The van der Waals surface area contributed by atoms with Crippen LogP contribution < -0.4 is 0 Å². The van der Waals surface area contributed by atoms with Gasteiger partial charge in [-0.25, -0.2) is 0 Å². The van der Waals surface area contributed by atoms with E-state index in [1.165, 1.54) is 0 Å². The van der Waals surface area contributed by atoms with Gasteiger partial charge in [0.05, 0.1) is 6.61 Å². The van der Waals surface area contributed by atoms with E-state index >= 15 is 0 Å². The average molecular weight is 305 g/mol. The molecule has 0 saturated heterocycles. The van der Waals surface area contributed by atoms with Crippen LogP contribution in [0.4, 0.5) is 8.78 Å². The van der Waals surface area contributed by atoms with Gasteiger partial charge in [0, 0.05) is 29.6 Å². The van der Waals surface area contributed by atoms with Crippen molar-refractivity contribution in [3.8, 4) is 0 Å². The molecular formula is C10H12F2NaO5S. The van der Waals surface area contributed by atoms with Crippen molar-refractivity contribution < 1.29 is 31.6 Å². The molecule has 1 aromatic rings. The molecule has 19 heavy (non-hydrogen) atoms. The Morgan fingerprint density at radius 1 is 1.26 bits per heavy atom. The molecule has 1 aromatic carbocycles. The number of ether oxygens (including phenoxy) is 1. The fraction of sp³-hybridized carbons (Fsp3) is 0.400. The fourth-order valence-electron chi connectivity index (χ4n) is 1.14. The summed E-state index contributed by atoms with van der Waals surface area (Å²) in [6.07, 6.45) is -1.15. The molecule has 0 amide bonds. The van der Waals surface area contributed by atoms with Gasteiger partial charge in [-0.1, -0.05) is 30.3 Å². The second-order valence-corrected chi connectivity index (χ2v) is 5.10. The van der Waals surface area contributed by atoms with E-state index in [9.17, 15) is 22.3 Å². The van der Waals surface area contributed by atoms with Crippen molar-refractivity contribution >= 4 is 39.7 Å². The van der Waals surface area contributed by atoms with Crippen LogP contribution in [0.1, 0.15) is 11.7 Å². The number of hydrogen-bond acceptors (Lipinski definition) is 4. The van der Waals surface area contributed by atoms with Crippen LogP contribution in [0.15, 0.2) is 30.3 Å². The molecule has 1 unspecified atom stereocenters. The predicted molar refractivity (Wildman–Crippen MR) is 64.5 cm³/mol. The van der Waals surface area contributed by atoms with Crippen LogP contribution in [0.3, 0.4) is 0 Å². The van der Waals surface area contributed by atoms with Gasteiger partial charge in [0.25, 0.3) is 0 Å². The first-order chi connectivity index (χ1) is 8.24. The van der Waals surface area contributed by atoms with Crippen molar-refractivity contribution in [3.05, 3.63) is 35.9 Å². The summed E-state index contributed by atoms with van der Waals surface area (Å²) in [4.78, 5) is 0. The first kappa shape index (κ1) is 18.9.